The molecule has 1 aliphatic heterocycles. The van der Waals surface area contributed by atoms with Gasteiger partial charge in [-0.25, -0.2) is 4.98 Å². The number of carbonyl (C=O) groups is 1. The maximum absolute atomic E-state index is 12.2. The molecule has 0 spiro atoms. The normalized spacial score (nSPS) is 20.9. The number of hydrogen-bond donors (Lipinski definition) is 1. The molecule has 0 aliphatic carbocycles. The highest BCUT2D eigenvalue weighted by Crippen LogP contribution is 2.20. The number of nitrogens with one attached hydrogen (secondary N) is 1. The van der Waals surface area contributed by atoms with Crippen molar-refractivity contribution in [1.82, 2.24) is 15.2 Å². The molecule has 1 saturated heterocycles. The van der Waals surface area contributed by atoms with Gasteiger partial charge in [0.25, 0.3) is 5.91 Å². The topological polar surface area (TPSA) is 45.2 Å². The number of piperazine rings is 1. The molecule has 1 fully saturated rings. The number of nitrogens with zero attached hydrogens (tertiary/aromatic N) is 2. The molecule has 1 unspecified atom stereocenters. The average molecular weight is 253 g/mol. The van der Waals surface area contributed by atoms with Gasteiger partial charge in [-0.2, -0.15) is 0 Å². The summed E-state index contributed by atoms with van der Waals surface area (Å²) < 4.78 is 0. The molecule has 1 N–H and O–H groups in total. The summed E-state index contributed by atoms with van der Waals surface area (Å²) in [4.78, 5) is 18.5. The van der Waals surface area contributed by atoms with E-state index < -0.39 is 0 Å². The summed E-state index contributed by atoms with van der Waals surface area (Å²) in [5.41, 5.74) is 0.604. The summed E-state index contributed by atoms with van der Waals surface area (Å²) in [5, 5.41) is 6.25. The van der Waals surface area contributed by atoms with Gasteiger partial charge in [0.2, 0.25) is 0 Å². The smallest absolute Gasteiger partial charge is 0.273 e. The number of aromatic nitrogens is 1. The Morgan fingerprint density at radius 3 is 3.00 bits per heavy atom. The van der Waals surface area contributed by atoms with Crippen LogP contribution in [-0.2, 0) is 0 Å². The first kappa shape index (κ1) is 12.5. The third-order valence-corrected chi connectivity index (χ3v) is 4.04. The van der Waals surface area contributed by atoms with E-state index in [0.29, 0.717) is 17.7 Å². The molecule has 94 valence electrons. The van der Waals surface area contributed by atoms with Crippen molar-refractivity contribution in [3.63, 3.8) is 0 Å². The van der Waals surface area contributed by atoms with Crippen molar-refractivity contribution in [3.8, 4) is 0 Å². The quantitative estimate of drug-likeness (QED) is 0.872. The maximum Gasteiger partial charge on any atom is 0.273 e. The highest BCUT2D eigenvalue weighted by atomic mass is 32.1. The summed E-state index contributed by atoms with van der Waals surface area (Å²) in [7, 11) is 0. The average Bonchev–Trinajstić information content (AvgIpc) is 2.77. The molecule has 0 aromatic carbocycles. The second kappa shape index (κ2) is 5.14. The van der Waals surface area contributed by atoms with E-state index in [4.69, 9.17) is 0 Å². The van der Waals surface area contributed by atoms with Crippen LogP contribution in [0.5, 0.6) is 0 Å². The molecule has 2 rings (SSSR count). The molecule has 5 heteroatoms. The number of carbonyl (C=O) groups excluding carboxylic acids is 1. The van der Waals surface area contributed by atoms with Crippen molar-refractivity contribution in [2.45, 2.75) is 32.7 Å². The fourth-order valence-corrected chi connectivity index (χ4v) is 2.74. The first-order valence-corrected chi connectivity index (χ1v) is 6.94. The van der Waals surface area contributed by atoms with Crippen molar-refractivity contribution < 1.29 is 4.79 Å². The molecule has 0 radical (unpaired) electrons. The van der Waals surface area contributed by atoms with Gasteiger partial charge in [0.15, 0.2) is 0 Å². The molecule has 0 saturated carbocycles. The Bertz CT molecular complexity index is 402. The van der Waals surface area contributed by atoms with Crippen molar-refractivity contribution >= 4 is 17.2 Å². The zero-order valence-corrected chi connectivity index (χ0v) is 11.4. The van der Waals surface area contributed by atoms with Gasteiger partial charge in [0.1, 0.15) is 5.69 Å². The Morgan fingerprint density at radius 1 is 1.65 bits per heavy atom. The van der Waals surface area contributed by atoms with Crippen LogP contribution in [0.25, 0.3) is 0 Å². The summed E-state index contributed by atoms with van der Waals surface area (Å²) in [6.45, 7) is 8.71. The molecule has 1 aliphatic rings. The van der Waals surface area contributed by atoms with Crippen LogP contribution in [0.4, 0.5) is 0 Å². The Balaban J connectivity index is 2.07. The Hall–Kier alpha value is -0.940. The highest BCUT2D eigenvalue weighted by Gasteiger charge is 2.23. The number of hydrogen-bond acceptors (Lipinski definition) is 4. The minimum atomic E-state index is 0.0708. The van der Waals surface area contributed by atoms with Crippen LogP contribution in [0.15, 0.2) is 5.38 Å². The monoisotopic (exact) mass is 253 g/mol. The van der Waals surface area contributed by atoms with Gasteiger partial charge >= 0.3 is 0 Å². The lowest BCUT2D eigenvalue weighted by atomic mass is 10.2. The minimum absolute atomic E-state index is 0.0708. The van der Waals surface area contributed by atoms with Crippen LogP contribution in [0.2, 0.25) is 0 Å². The lowest BCUT2D eigenvalue weighted by Crippen LogP contribution is -2.51. The van der Waals surface area contributed by atoms with Gasteiger partial charge in [-0.05, 0) is 6.92 Å². The van der Waals surface area contributed by atoms with Gasteiger partial charge in [-0.1, -0.05) is 13.8 Å². The molecule has 17 heavy (non-hydrogen) atoms. The predicted molar refractivity (Wildman–Crippen MR) is 69.6 cm³/mol. The van der Waals surface area contributed by atoms with E-state index in [2.05, 4.69) is 31.1 Å². The predicted octanol–water partition coefficient (Wildman–Crippen LogP) is 1.70. The molecule has 1 aromatic heterocycles. The van der Waals surface area contributed by atoms with Crippen LogP contribution in [0.3, 0.4) is 0 Å². The fraction of sp³-hybridized carbons (Fsp3) is 0.667. The Labute approximate surface area is 106 Å². The third-order valence-electron chi connectivity index (χ3n) is 2.89. The zero-order valence-electron chi connectivity index (χ0n) is 10.6. The van der Waals surface area contributed by atoms with E-state index in [1.54, 1.807) is 11.3 Å². The van der Waals surface area contributed by atoms with Crippen molar-refractivity contribution in [2.24, 2.45) is 0 Å². The molecule has 4 nitrogen and oxygen atoms in total. The summed E-state index contributed by atoms with van der Waals surface area (Å²) in [5.74, 6) is 0.463. The van der Waals surface area contributed by atoms with Crippen LogP contribution >= 0.6 is 11.3 Å². The SMILES string of the molecule is CC1CN(C(=O)c2csc(C(C)C)n2)CCN1. The minimum Gasteiger partial charge on any atom is -0.334 e. The van der Waals surface area contributed by atoms with Gasteiger partial charge in [0, 0.05) is 37.0 Å². The van der Waals surface area contributed by atoms with Gasteiger partial charge in [0.05, 0.1) is 5.01 Å². The second-order valence-corrected chi connectivity index (χ2v) is 5.72. The summed E-state index contributed by atoms with van der Waals surface area (Å²) in [6.07, 6.45) is 0. The van der Waals surface area contributed by atoms with Gasteiger partial charge in [-0.3, -0.25) is 4.79 Å². The summed E-state index contributed by atoms with van der Waals surface area (Å²) >= 11 is 1.58. The Morgan fingerprint density at radius 2 is 2.41 bits per heavy atom. The van der Waals surface area contributed by atoms with Crippen LogP contribution < -0.4 is 5.32 Å². The first-order valence-electron chi connectivity index (χ1n) is 6.06. The molecule has 1 aromatic rings. The molecule has 1 atom stereocenters. The molecular formula is C12H19N3OS. The summed E-state index contributed by atoms with van der Waals surface area (Å²) in [6, 6.07) is 0.371. The number of rotatable bonds is 2. The molecule has 2 heterocycles. The van der Waals surface area contributed by atoms with Gasteiger partial charge in [-0.15, -0.1) is 11.3 Å². The molecule has 0 bridgehead atoms. The molecule has 1 amide bonds. The van der Waals surface area contributed by atoms with E-state index in [0.717, 1.165) is 24.6 Å². The molecular weight excluding hydrogens is 234 g/mol. The largest absolute Gasteiger partial charge is 0.334 e. The lowest BCUT2D eigenvalue weighted by molar-refractivity contribution is 0.0704. The van der Waals surface area contributed by atoms with Crippen LogP contribution in [-0.4, -0.2) is 41.5 Å². The standard InChI is InChI=1S/C12H19N3OS/c1-8(2)11-14-10(7-17-11)12(16)15-5-4-13-9(3)6-15/h7-9,13H,4-6H2,1-3H3. The van der Waals surface area contributed by atoms with Crippen molar-refractivity contribution in [1.29, 1.82) is 0 Å². The fourth-order valence-electron chi connectivity index (χ4n) is 1.93. The highest BCUT2D eigenvalue weighted by molar-refractivity contribution is 7.09. The second-order valence-electron chi connectivity index (χ2n) is 4.83. The van der Waals surface area contributed by atoms with E-state index in [1.807, 2.05) is 10.3 Å². The van der Waals surface area contributed by atoms with Crippen LogP contribution in [0, 0.1) is 0 Å². The van der Waals surface area contributed by atoms with E-state index in [1.165, 1.54) is 0 Å². The Kier molecular flexibility index (Phi) is 3.79. The number of thiazole rings is 1. The lowest BCUT2D eigenvalue weighted by Gasteiger charge is -2.31. The third kappa shape index (κ3) is 2.84. The zero-order chi connectivity index (χ0) is 12.4. The van der Waals surface area contributed by atoms with Gasteiger partial charge < -0.3 is 10.2 Å². The first-order chi connectivity index (χ1) is 8.08. The van der Waals surface area contributed by atoms with E-state index >= 15 is 0 Å². The van der Waals surface area contributed by atoms with E-state index in [-0.39, 0.29) is 5.91 Å². The maximum atomic E-state index is 12.2. The van der Waals surface area contributed by atoms with E-state index in [9.17, 15) is 4.79 Å². The number of amides is 1. The van der Waals surface area contributed by atoms with Crippen molar-refractivity contribution in [2.75, 3.05) is 19.6 Å². The van der Waals surface area contributed by atoms with Crippen molar-refractivity contribution in [3.05, 3.63) is 16.1 Å². The van der Waals surface area contributed by atoms with Crippen LogP contribution in [0.1, 0.15) is 42.2 Å².